The third kappa shape index (κ3) is 4.90. The van der Waals surface area contributed by atoms with Crippen LogP contribution in [0.3, 0.4) is 0 Å². The SMILES string of the molecule is CC(=O)Nc1cccc(C(C)NC(=O)C2CCCCC2c2nc3ccc(Cl)cc3[nH]2)c1. The molecular weight excluding hydrogens is 412 g/mol. The van der Waals surface area contributed by atoms with Crippen LogP contribution in [0.2, 0.25) is 5.02 Å². The van der Waals surface area contributed by atoms with E-state index in [2.05, 4.69) is 15.6 Å². The molecule has 0 spiro atoms. The van der Waals surface area contributed by atoms with Crippen LogP contribution in [-0.2, 0) is 9.59 Å². The highest BCUT2D eigenvalue weighted by atomic mass is 35.5. The van der Waals surface area contributed by atoms with Crippen LogP contribution in [0, 0.1) is 5.92 Å². The van der Waals surface area contributed by atoms with Crippen LogP contribution in [0.1, 0.15) is 62.9 Å². The number of aromatic amines is 1. The molecule has 0 radical (unpaired) electrons. The molecule has 0 bridgehead atoms. The number of benzene rings is 2. The van der Waals surface area contributed by atoms with Gasteiger partial charge in [0.25, 0.3) is 0 Å². The van der Waals surface area contributed by atoms with E-state index in [1.165, 1.54) is 6.92 Å². The van der Waals surface area contributed by atoms with Crippen LogP contribution in [0.15, 0.2) is 42.5 Å². The zero-order valence-electron chi connectivity index (χ0n) is 17.7. The maximum absolute atomic E-state index is 13.3. The number of hydrogen-bond acceptors (Lipinski definition) is 3. The van der Waals surface area contributed by atoms with Crippen molar-refractivity contribution in [3.05, 3.63) is 58.9 Å². The van der Waals surface area contributed by atoms with E-state index in [9.17, 15) is 9.59 Å². The van der Waals surface area contributed by atoms with Crippen molar-refractivity contribution in [2.45, 2.75) is 51.5 Å². The Labute approximate surface area is 186 Å². The van der Waals surface area contributed by atoms with Gasteiger partial charge in [-0.05, 0) is 55.7 Å². The zero-order chi connectivity index (χ0) is 22.0. The number of hydrogen-bond donors (Lipinski definition) is 3. The van der Waals surface area contributed by atoms with Crippen molar-refractivity contribution < 1.29 is 9.59 Å². The molecule has 2 amide bonds. The number of rotatable bonds is 5. The van der Waals surface area contributed by atoms with E-state index in [0.717, 1.165) is 53.8 Å². The van der Waals surface area contributed by atoms with Crippen LogP contribution < -0.4 is 10.6 Å². The second-order valence-electron chi connectivity index (χ2n) is 8.32. The molecule has 6 nitrogen and oxygen atoms in total. The fourth-order valence-corrected chi connectivity index (χ4v) is 4.61. The Morgan fingerprint density at radius 3 is 2.77 bits per heavy atom. The van der Waals surface area contributed by atoms with Crippen molar-refractivity contribution >= 4 is 40.1 Å². The molecule has 1 aliphatic rings. The number of fused-ring (bicyclic) bond motifs is 1. The molecule has 3 N–H and O–H groups in total. The van der Waals surface area contributed by atoms with Gasteiger partial charge in [0.2, 0.25) is 11.8 Å². The highest BCUT2D eigenvalue weighted by Crippen LogP contribution is 2.38. The second-order valence-corrected chi connectivity index (χ2v) is 8.75. The highest BCUT2D eigenvalue weighted by Gasteiger charge is 2.34. The molecule has 3 atom stereocenters. The summed E-state index contributed by atoms with van der Waals surface area (Å²) in [5.74, 6) is 0.702. The maximum atomic E-state index is 13.3. The topological polar surface area (TPSA) is 86.9 Å². The summed E-state index contributed by atoms with van der Waals surface area (Å²) in [6.45, 7) is 3.44. The van der Waals surface area contributed by atoms with Gasteiger partial charge in [0.15, 0.2) is 0 Å². The van der Waals surface area contributed by atoms with Crippen molar-refractivity contribution in [1.82, 2.24) is 15.3 Å². The molecule has 1 fully saturated rings. The second kappa shape index (κ2) is 9.10. The fraction of sp³-hybridized carbons (Fsp3) is 0.375. The number of halogens is 1. The Morgan fingerprint density at radius 1 is 1.16 bits per heavy atom. The number of carbonyl (C=O) groups excluding carboxylic acids is 2. The van der Waals surface area contributed by atoms with E-state index in [0.29, 0.717) is 5.02 Å². The molecule has 1 saturated carbocycles. The summed E-state index contributed by atoms with van der Waals surface area (Å²) >= 11 is 6.11. The summed E-state index contributed by atoms with van der Waals surface area (Å²) in [7, 11) is 0. The Balaban J connectivity index is 1.51. The van der Waals surface area contributed by atoms with Gasteiger partial charge in [0.1, 0.15) is 5.82 Å². The standard InChI is InChI=1S/C24H27ClN4O2/c1-14(16-6-5-7-18(12-16)27-15(2)30)26-24(31)20-9-4-3-8-19(20)23-28-21-11-10-17(25)13-22(21)29-23/h5-7,10-14,19-20H,3-4,8-9H2,1-2H3,(H,26,31)(H,27,30)(H,28,29). The predicted octanol–water partition coefficient (Wildman–Crippen LogP) is 5.33. The molecular formula is C24H27ClN4O2. The van der Waals surface area contributed by atoms with Gasteiger partial charge in [0.05, 0.1) is 17.1 Å². The monoisotopic (exact) mass is 438 g/mol. The lowest BCUT2D eigenvalue weighted by Gasteiger charge is -2.30. The molecule has 1 aromatic heterocycles. The molecule has 3 aromatic rings. The summed E-state index contributed by atoms with van der Waals surface area (Å²) < 4.78 is 0. The molecule has 4 rings (SSSR count). The van der Waals surface area contributed by atoms with Gasteiger partial charge in [-0.2, -0.15) is 0 Å². The Bertz CT molecular complexity index is 1110. The van der Waals surface area contributed by atoms with Crippen molar-refractivity contribution in [1.29, 1.82) is 0 Å². The van der Waals surface area contributed by atoms with Crippen LogP contribution >= 0.6 is 11.6 Å². The Morgan fingerprint density at radius 2 is 1.97 bits per heavy atom. The zero-order valence-corrected chi connectivity index (χ0v) is 18.5. The maximum Gasteiger partial charge on any atom is 0.224 e. The highest BCUT2D eigenvalue weighted by molar-refractivity contribution is 6.31. The van der Waals surface area contributed by atoms with Crippen molar-refractivity contribution in [2.24, 2.45) is 5.92 Å². The molecule has 162 valence electrons. The van der Waals surface area contributed by atoms with Crippen LogP contribution in [0.25, 0.3) is 11.0 Å². The Kier molecular flexibility index (Phi) is 6.28. The third-order valence-electron chi connectivity index (χ3n) is 5.98. The lowest BCUT2D eigenvalue weighted by molar-refractivity contribution is -0.127. The molecule has 7 heteroatoms. The average molecular weight is 439 g/mol. The molecule has 1 aliphatic carbocycles. The number of carbonyl (C=O) groups is 2. The van der Waals surface area contributed by atoms with E-state index in [1.54, 1.807) is 0 Å². The normalized spacial score (nSPS) is 19.7. The molecule has 31 heavy (non-hydrogen) atoms. The first-order chi connectivity index (χ1) is 14.9. The predicted molar refractivity (Wildman–Crippen MR) is 123 cm³/mol. The van der Waals surface area contributed by atoms with Crippen molar-refractivity contribution in [3.63, 3.8) is 0 Å². The van der Waals surface area contributed by atoms with Gasteiger partial charge in [-0.25, -0.2) is 4.98 Å². The summed E-state index contributed by atoms with van der Waals surface area (Å²) in [5.41, 5.74) is 3.44. The Hall–Kier alpha value is -2.86. The first-order valence-electron chi connectivity index (χ1n) is 10.7. The summed E-state index contributed by atoms with van der Waals surface area (Å²) in [4.78, 5) is 32.7. The van der Waals surface area contributed by atoms with E-state index >= 15 is 0 Å². The number of imidazole rings is 1. The number of aromatic nitrogens is 2. The minimum absolute atomic E-state index is 0.0422. The van der Waals surface area contributed by atoms with Crippen molar-refractivity contribution in [3.8, 4) is 0 Å². The van der Waals surface area contributed by atoms with E-state index in [1.807, 2.05) is 49.4 Å². The van der Waals surface area contributed by atoms with Crippen LogP contribution in [0.4, 0.5) is 5.69 Å². The number of nitrogens with one attached hydrogen (secondary N) is 3. The molecule has 0 aliphatic heterocycles. The smallest absolute Gasteiger partial charge is 0.224 e. The lowest BCUT2D eigenvalue weighted by atomic mass is 9.78. The van der Waals surface area contributed by atoms with E-state index in [4.69, 9.17) is 16.6 Å². The molecule has 1 heterocycles. The number of anilines is 1. The summed E-state index contributed by atoms with van der Waals surface area (Å²) in [6, 6.07) is 13.0. The third-order valence-corrected chi connectivity index (χ3v) is 6.22. The summed E-state index contributed by atoms with van der Waals surface area (Å²) in [5, 5.41) is 6.63. The fourth-order valence-electron chi connectivity index (χ4n) is 4.44. The number of H-pyrrole nitrogens is 1. The summed E-state index contributed by atoms with van der Waals surface area (Å²) in [6.07, 6.45) is 3.89. The van der Waals surface area contributed by atoms with E-state index in [-0.39, 0.29) is 29.7 Å². The van der Waals surface area contributed by atoms with Crippen LogP contribution in [-0.4, -0.2) is 21.8 Å². The van der Waals surface area contributed by atoms with Gasteiger partial charge in [-0.1, -0.05) is 36.6 Å². The first-order valence-corrected chi connectivity index (χ1v) is 11.1. The van der Waals surface area contributed by atoms with Gasteiger partial charge in [-0.3, -0.25) is 9.59 Å². The van der Waals surface area contributed by atoms with Gasteiger partial charge in [-0.15, -0.1) is 0 Å². The minimum Gasteiger partial charge on any atom is -0.349 e. The molecule has 2 aromatic carbocycles. The van der Waals surface area contributed by atoms with Gasteiger partial charge >= 0.3 is 0 Å². The van der Waals surface area contributed by atoms with Gasteiger partial charge < -0.3 is 15.6 Å². The molecule has 0 saturated heterocycles. The van der Waals surface area contributed by atoms with Crippen molar-refractivity contribution in [2.75, 3.05) is 5.32 Å². The lowest BCUT2D eigenvalue weighted by Crippen LogP contribution is -2.37. The number of nitrogens with zero attached hydrogens (tertiary/aromatic N) is 1. The van der Waals surface area contributed by atoms with Crippen LogP contribution in [0.5, 0.6) is 0 Å². The van der Waals surface area contributed by atoms with Gasteiger partial charge in [0, 0.05) is 29.5 Å². The quantitative estimate of drug-likeness (QED) is 0.503. The molecule has 3 unspecified atom stereocenters. The minimum atomic E-state index is -0.168. The average Bonchev–Trinajstić information content (AvgIpc) is 3.16. The first kappa shape index (κ1) is 21.4. The van der Waals surface area contributed by atoms with E-state index < -0.39 is 0 Å². The number of amides is 2. The largest absolute Gasteiger partial charge is 0.349 e.